The molecule has 0 amide bonds. The first kappa shape index (κ1) is 23.0. The van der Waals surface area contributed by atoms with E-state index in [9.17, 15) is 21.2 Å². The number of rotatable bonds is 7. The van der Waals surface area contributed by atoms with Crippen molar-refractivity contribution in [2.24, 2.45) is 0 Å². The van der Waals surface area contributed by atoms with Gasteiger partial charge in [0.15, 0.2) is 0 Å². The average Bonchev–Trinajstić information content (AvgIpc) is 2.70. The van der Waals surface area contributed by atoms with Crippen molar-refractivity contribution >= 4 is 25.7 Å². The van der Waals surface area contributed by atoms with Crippen molar-refractivity contribution in [1.82, 2.24) is 4.31 Å². The minimum Gasteiger partial charge on any atom is -0.490 e. The summed E-state index contributed by atoms with van der Waals surface area (Å²) < 4.78 is 72.6. The Morgan fingerprint density at radius 3 is 2.16 bits per heavy atom. The Kier molecular flexibility index (Phi) is 6.46. The van der Waals surface area contributed by atoms with Crippen molar-refractivity contribution in [1.29, 1.82) is 0 Å². The van der Waals surface area contributed by atoms with Gasteiger partial charge in [0.2, 0.25) is 10.0 Å². The summed E-state index contributed by atoms with van der Waals surface area (Å²) in [4.78, 5) is 0.118. The van der Waals surface area contributed by atoms with Gasteiger partial charge in [-0.3, -0.25) is 4.31 Å². The minimum absolute atomic E-state index is 0.118. The summed E-state index contributed by atoms with van der Waals surface area (Å²) in [5.41, 5.74) is 0.327. The molecule has 0 bridgehead atoms. The Hall–Kier alpha value is -2.17. The molecule has 1 aliphatic carbocycles. The summed E-state index contributed by atoms with van der Waals surface area (Å²) in [7, 11) is -7.07. The van der Waals surface area contributed by atoms with Gasteiger partial charge in [-0.15, -0.1) is 0 Å². The van der Waals surface area contributed by atoms with E-state index in [-0.39, 0.29) is 17.0 Å². The predicted octanol–water partition coefficient (Wildman–Crippen LogP) is 3.38. The molecule has 0 atom stereocenters. The summed E-state index contributed by atoms with van der Waals surface area (Å²) in [6.45, 7) is 0.805. The highest BCUT2D eigenvalue weighted by atomic mass is 32.2. The molecule has 2 aromatic rings. The number of halogens is 1. The Morgan fingerprint density at radius 2 is 1.62 bits per heavy atom. The second kappa shape index (κ2) is 8.99. The molecule has 0 unspecified atom stereocenters. The second-order valence-electron chi connectivity index (χ2n) is 8.32. The van der Waals surface area contributed by atoms with Crippen LogP contribution in [0.3, 0.4) is 0 Å². The first-order valence-corrected chi connectivity index (χ1v) is 14.0. The predicted molar refractivity (Wildman–Crippen MR) is 120 cm³/mol. The van der Waals surface area contributed by atoms with E-state index in [0.717, 1.165) is 19.3 Å². The van der Waals surface area contributed by atoms with Crippen LogP contribution in [0.2, 0.25) is 0 Å². The van der Waals surface area contributed by atoms with Crippen LogP contribution in [-0.2, 0) is 20.0 Å². The van der Waals surface area contributed by atoms with E-state index in [1.165, 1.54) is 45.2 Å². The summed E-state index contributed by atoms with van der Waals surface area (Å²) in [5, 5.41) is 0. The molecule has 7 nitrogen and oxygen atoms in total. The van der Waals surface area contributed by atoms with Crippen LogP contribution in [0.1, 0.15) is 32.1 Å². The molecular formula is C22H27FN2O5S2. The van der Waals surface area contributed by atoms with Crippen molar-refractivity contribution in [2.75, 3.05) is 23.7 Å². The average molecular weight is 483 g/mol. The van der Waals surface area contributed by atoms with Crippen LogP contribution < -0.4 is 9.04 Å². The maximum absolute atomic E-state index is 13.8. The number of anilines is 1. The molecule has 2 aromatic carbocycles. The summed E-state index contributed by atoms with van der Waals surface area (Å²) in [6, 6.07) is 11.7. The van der Waals surface area contributed by atoms with Crippen LogP contribution in [0.5, 0.6) is 5.75 Å². The molecule has 1 saturated heterocycles. The number of hydrogen-bond acceptors (Lipinski definition) is 5. The highest BCUT2D eigenvalue weighted by Crippen LogP contribution is 2.35. The van der Waals surface area contributed by atoms with Gasteiger partial charge >= 0.3 is 0 Å². The SMILES string of the molecule is CS(=O)(=O)N1CCC(Oc2ccc(S(=O)(=O)N(c3cccc(F)c3)C3CCC3)cc2)CC1. The molecule has 0 N–H and O–H groups in total. The Labute approximate surface area is 188 Å². The van der Waals surface area contributed by atoms with Crippen molar-refractivity contribution in [3.63, 3.8) is 0 Å². The largest absolute Gasteiger partial charge is 0.490 e. The maximum atomic E-state index is 13.8. The second-order valence-corrected chi connectivity index (χ2v) is 12.1. The van der Waals surface area contributed by atoms with Crippen LogP contribution >= 0.6 is 0 Å². The van der Waals surface area contributed by atoms with Gasteiger partial charge in [-0.1, -0.05) is 6.07 Å². The molecule has 1 heterocycles. The summed E-state index contributed by atoms with van der Waals surface area (Å²) >= 11 is 0. The number of ether oxygens (including phenoxy) is 1. The van der Waals surface area contributed by atoms with Crippen LogP contribution in [0.25, 0.3) is 0 Å². The minimum atomic E-state index is -3.87. The molecule has 174 valence electrons. The standard InChI is InChI=1S/C22H27FN2O5S2/c1-31(26,27)24-14-12-21(13-15-24)30-20-8-10-22(11-9-20)32(28,29)25(18-5-3-6-18)19-7-2-4-17(23)16-19/h2,4,7-11,16,18,21H,3,5-6,12-15H2,1H3. The molecule has 2 aliphatic rings. The third-order valence-electron chi connectivity index (χ3n) is 6.02. The van der Waals surface area contributed by atoms with Gasteiger partial charge in [0.05, 0.1) is 16.8 Å². The number of piperidine rings is 1. The van der Waals surface area contributed by atoms with E-state index in [4.69, 9.17) is 4.74 Å². The smallest absolute Gasteiger partial charge is 0.264 e. The van der Waals surface area contributed by atoms with Crippen molar-refractivity contribution in [3.05, 3.63) is 54.3 Å². The van der Waals surface area contributed by atoms with Gasteiger partial charge in [-0.2, -0.15) is 0 Å². The molecule has 1 aliphatic heterocycles. The molecule has 0 radical (unpaired) electrons. The van der Waals surface area contributed by atoms with Crippen LogP contribution in [0.15, 0.2) is 53.4 Å². The quantitative estimate of drug-likeness (QED) is 0.604. The Balaban J connectivity index is 1.49. The fourth-order valence-corrected chi connectivity index (χ4v) is 6.63. The lowest BCUT2D eigenvalue weighted by Gasteiger charge is -2.38. The van der Waals surface area contributed by atoms with Crippen LogP contribution in [-0.4, -0.2) is 52.6 Å². The first-order valence-electron chi connectivity index (χ1n) is 10.7. The van der Waals surface area contributed by atoms with Crippen molar-refractivity contribution in [2.45, 2.75) is 49.1 Å². The Bertz CT molecular complexity index is 1160. The molecule has 0 aromatic heterocycles. The molecule has 32 heavy (non-hydrogen) atoms. The van der Waals surface area contributed by atoms with E-state index >= 15 is 0 Å². The lowest BCUT2D eigenvalue weighted by Crippen LogP contribution is -2.44. The van der Waals surface area contributed by atoms with E-state index in [1.807, 2.05) is 0 Å². The van der Waals surface area contributed by atoms with Gasteiger partial charge in [-0.05, 0) is 74.6 Å². The molecule has 4 rings (SSSR count). The molecule has 0 spiro atoms. The molecule has 1 saturated carbocycles. The zero-order valence-electron chi connectivity index (χ0n) is 17.9. The topological polar surface area (TPSA) is 84.0 Å². The highest BCUT2D eigenvalue weighted by molar-refractivity contribution is 7.92. The van der Waals surface area contributed by atoms with Crippen LogP contribution in [0.4, 0.5) is 10.1 Å². The highest BCUT2D eigenvalue weighted by Gasteiger charge is 2.35. The van der Waals surface area contributed by atoms with Gasteiger partial charge in [0, 0.05) is 19.1 Å². The fraction of sp³-hybridized carbons (Fsp3) is 0.455. The Morgan fingerprint density at radius 1 is 0.969 bits per heavy atom. The number of sulfonamides is 2. The lowest BCUT2D eigenvalue weighted by molar-refractivity contribution is 0.135. The van der Waals surface area contributed by atoms with E-state index in [2.05, 4.69) is 0 Å². The number of nitrogens with zero attached hydrogens (tertiary/aromatic N) is 2. The summed E-state index contributed by atoms with van der Waals surface area (Å²) in [6.07, 6.45) is 4.63. The maximum Gasteiger partial charge on any atom is 0.264 e. The van der Waals surface area contributed by atoms with Crippen LogP contribution in [0, 0.1) is 5.82 Å². The monoisotopic (exact) mass is 482 g/mol. The van der Waals surface area contributed by atoms with Crippen molar-refractivity contribution in [3.8, 4) is 5.75 Å². The molecular weight excluding hydrogens is 455 g/mol. The summed E-state index contributed by atoms with van der Waals surface area (Å²) in [5.74, 6) is 0.0513. The number of hydrogen-bond donors (Lipinski definition) is 0. The van der Waals surface area contributed by atoms with Gasteiger partial charge in [-0.25, -0.2) is 25.5 Å². The third-order valence-corrected chi connectivity index (χ3v) is 9.22. The van der Waals surface area contributed by atoms with Gasteiger partial charge in [0.25, 0.3) is 10.0 Å². The first-order chi connectivity index (χ1) is 15.1. The van der Waals surface area contributed by atoms with E-state index in [0.29, 0.717) is 37.4 Å². The van der Waals surface area contributed by atoms with E-state index in [1.54, 1.807) is 18.2 Å². The zero-order valence-corrected chi connectivity index (χ0v) is 19.5. The van der Waals surface area contributed by atoms with E-state index < -0.39 is 25.9 Å². The molecule has 10 heteroatoms. The molecule has 2 fully saturated rings. The van der Waals surface area contributed by atoms with Crippen molar-refractivity contribution < 1.29 is 26.0 Å². The zero-order chi connectivity index (χ0) is 22.9. The van der Waals surface area contributed by atoms with Gasteiger partial charge < -0.3 is 4.74 Å². The van der Waals surface area contributed by atoms with Gasteiger partial charge in [0.1, 0.15) is 17.7 Å². The fourth-order valence-electron chi connectivity index (χ4n) is 4.06. The third kappa shape index (κ3) is 4.92. The lowest BCUT2D eigenvalue weighted by atomic mass is 9.93. The number of benzene rings is 2. The normalized spacial score (nSPS) is 18.8.